The van der Waals surface area contributed by atoms with E-state index >= 15 is 0 Å². The Hall–Kier alpha value is -1.70. The average Bonchev–Trinajstić information content (AvgIpc) is 2.58. The number of rotatable bonds is 2. The maximum absolute atomic E-state index is 12.5. The molecule has 0 saturated heterocycles. The van der Waals surface area contributed by atoms with Crippen LogP contribution in [0.5, 0.6) is 0 Å². The van der Waals surface area contributed by atoms with Crippen molar-refractivity contribution in [1.82, 2.24) is 9.03 Å². The van der Waals surface area contributed by atoms with Gasteiger partial charge >= 0.3 is 16.4 Å². The van der Waals surface area contributed by atoms with E-state index in [1.807, 2.05) is 0 Å². The third-order valence-corrected chi connectivity index (χ3v) is 3.66. The van der Waals surface area contributed by atoms with Crippen LogP contribution in [0, 0.1) is 0 Å². The van der Waals surface area contributed by atoms with Crippen molar-refractivity contribution in [3.63, 3.8) is 0 Å². The number of benzene rings is 1. The topological polar surface area (TPSA) is 49.4 Å². The van der Waals surface area contributed by atoms with Gasteiger partial charge in [0.1, 0.15) is 0 Å². The molecule has 18 heavy (non-hydrogen) atoms. The van der Waals surface area contributed by atoms with Gasteiger partial charge in [0, 0.05) is 12.4 Å². The highest BCUT2D eigenvalue weighted by Crippen LogP contribution is 2.30. The van der Waals surface area contributed by atoms with E-state index in [0.717, 1.165) is 16.4 Å². The molecular formula is C10H9F3N2O2S. The zero-order valence-corrected chi connectivity index (χ0v) is 9.79. The molecule has 0 spiro atoms. The molecule has 1 aliphatic heterocycles. The van der Waals surface area contributed by atoms with Gasteiger partial charge in [-0.3, -0.25) is 9.03 Å². The molecule has 1 aliphatic rings. The average molecular weight is 278 g/mol. The minimum Gasteiger partial charge on any atom is -0.272 e. The van der Waals surface area contributed by atoms with Crippen molar-refractivity contribution in [3.05, 3.63) is 47.8 Å². The number of alkyl halides is 3. The zero-order chi connectivity index (χ0) is 13.4. The minimum absolute atomic E-state index is 0.143. The van der Waals surface area contributed by atoms with Crippen LogP contribution >= 0.6 is 0 Å². The van der Waals surface area contributed by atoms with Gasteiger partial charge in [-0.15, -0.1) is 0 Å². The lowest BCUT2D eigenvalue weighted by atomic mass is 10.1. The van der Waals surface area contributed by atoms with Gasteiger partial charge < -0.3 is 0 Å². The maximum atomic E-state index is 12.5. The standard InChI is InChI=1S/C10H9F3N2O2S/c11-10(12,13)9-3-1-2-8(6-9)7-15-5-4-14-18(15,16)17/h1-6,14H,7H2. The van der Waals surface area contributed by atoms with Crippen LogP contribution in [0.3, 0.4) is 0 Å². The number of hydrogen-bond acceptors (Lipinski definition) is 2. The van der Waals surface area contributed by atoms with Gasteiger partial charge in [-0.1, -0.05) is 12.1 Å². The van der Waals surface area contributed by atoms with E-state index in [4.69, 9.17) is 0 Å². The predicted octanol–water partition coefficient (Wildman–Crippen LogP) is 1.83. The third-order valence-electron chi connectivity index (χ3n) is 2.36. The highest BCUT2D eigenvalue weighted by Gasteiger charge is 2.31. The molecule has 1 heterocycles. The molecule has 98 valence electrons. The van der Waals surface area contributed by atoms with Crippen LogP contribution in [-0.4, -0.2) is 12.7 Å². The van der Waals surface area contributed by atoms with Crippen molar-refractivity contribution in [3.8, 4) is 0 Å². The lowest BCUT2D eigenvalue weighted by Crippen LogP contribution is -2.28. The lowest BCUT2D eigenvalue weighted by Gasteiger charge is -2.15. The van der Waals surface area contributed by atoms with E-state index in [1.165, 1.54) is 24.5 Å². The molecule has 1 aromatic carbocycles. The molecule has 8 heteroatoms. The summed E-state index contributed by atoms with van der Waals surface area (Å²) in [6.07, 6.45) is -1.97. The largest absolute Gasteiger partial charge is 0.416 e. The number of hydrogen-bond donors (Lipinski definition) is 1. The minimum atomic E-state index is -4.44. The fourth-order valence-corrected chi connectivity index (χ4v) is 2.42. The lowest BCUT2D eigenvalue weighted by molar-refractivity contribution is -0.137. The second-order valence-corrected chi connectivity index (χ2v) is 5.34. The molecule has 0 aliphatic carbocycles. The van der Waals surface area contributed by atoms with Gasteiger partial charge in [-0.05, 0) is 17.7 Å². The SMILES string of the molecule is O=S1(=O)NC=CN1Cc1cccc(C(F)(F)F)c1. The molecular weight excluding hydrogens is 269 g/mol. The Bertz CT molecular complexity index is 581. The molecule has 0 fully saturated rings. The smallest absolute Gasteiger partial charge is 0.272 e. The molecule has 2 rings (SSSR count). The van der Waals surface area contributed by atoms with Crippen molar-refractivity contribution in [1.29, 1.82) is 0 Å². The first-order valence-electron chi connectivity index (χ1n) is 4.91. The van der Waals surface area contributed by atoms with Crippen LogP contribution in [0.2, 0.25) is 0 Å². The van der Waals surface area contributed by atoms with E-state index in [-0.39, 0.29) is 12.1 Å². The van der Waals surface area contributed by atoms with Crippen LogP contribution in [0.1, 0.15) is 11.1 Å². The summed E-state index contributed by atoms with van der Waals surface area (Å²) in [5.41, 5.74) is -0.532. The number of halogens is 3. The summed E-state index contributed by atoms with van der Waals surface area (Å²) in [6.45, 7) is -0.143. The van der Waals surface area contributed by atoms with Crippen LogP contribution in [0.4, 0.5) is 13.2 Å². The summed E-state index contributed by atoms with van der Waals surface area (Å²) in [7, 11) is -3.64. The Kier molecular flexibility index (Phi) is 2.97. The normalized spacial score (nSPS) is 17.8. The fraction of sp³-hybridized carbons (Fsp3) is 0.200. The molecule has 0 bridgehead atoms. The second kappa shape index (κ2) is 4.20. The van der Waals surface area contributed by atoms with Crippen LogP contribution < -0.4 is 4.72 Å². The summed E-state index contributed by atoms with van der Waals surface area (Å²) in [5.74, 6) is 0. The molecule has 1 aromatic rings. The molecule has 4 nitrogen and oxygen atoms in total. The fourth-order valence-electron chi connectivity index (χ4n) is 1.51. The first-order chi connectivity index (χ1) is 8.29. The van der Waals surface area contributed by atoms with E-state index < -0.39 is 21.9 Å². The van der Waals surface area contributed by atoms with Crippen molar-refractivity contribution in [2.45, 2.75) is 12.7 Å². The van der Waals surface area contributed by atoms with Crippen LogP contribution in [-0.2, 0) is 22.9 Å². The van der Waals surface area contributed by atoms with Gasteiger partial charge in [-0.25, -0.2) is 0 Å². The van der Waals surface area contributed by atoms with E-state index in [9.17, 15) is 21.6 Å². The van der Waals surface area contributed by atoms with Crippen molar-refractivity contribution < 1.29 is 21.6 Å². The molecule has 0 unspecified atom stereocenters. The molecule has 1 N–H and O–H groups in total. The van der Waals surface area contributed by atoms with Crippen molar-refractivity contribution >= 4 is 10.2 Å². The predicted molar refractivity (Wildman–Crippen MR) is 58.2 cm³/mol. The Balaban J connectivity index is 2.23. The van der Waals surface area contributed by atoms with Gasteiger partial charge in [0.25, 0.3) is 0 Å². The van der Waals surface area contributed by atoms with Gasteiger partial charge in [0.05, 0.1) is 12.1 Å². The molecule has 0 atom stereocenters. The highest BCUT2D eigenvalue weighted by molar-refractivity contribution is 7.87. The van der Waals surface area contributed by atoms with Crippen molar-refractivity contribution in [2.75, 3.05) is 0 Å². The molecule has 0 radical (unpaired) electrons. The van der Waals surface area contributed by atoms with Crippen LogP contribution in [0.25, 0.3) is 0 Å². The third kappa shape index (κ3) is 2.58. The van der Waals surface area contributed by atoms with E-state index in [1.54, 1.807) is 0 Å². The summed E-state index contributed by atoms with van der Waals surface area (Å²) in [5, 5.41) is 0. The Morgan fingerprint density at radius 2 is 2.00 bits per heavy atom. The van der Waals surface area contributed by atoms with E-state index in [2.05, 4.69) is 4.72 Å². The summed E-state index contributed by atoms with van der Waals surface area (Å²) in [4.78, 5) is 0. The summed E-state index contributed by atoms with van der Waals surface area (Å²) < 4.78 is 63.2. The summed E-state index contributed by atoms with van der Waals surface area (Å²) in [6, 6.07) is 4.56. The Labute approximate surface area is 102 Å². The quantitative estimate of drug-likeness (QED) is 0.897. The molecule has 0 aromatic heterocycles. The highest BCUT2D eigenvalue weighted by atomic mass is 32.2. The molecule has 0 amide bonds. The second-order valence-electron chi connectivity index (χ2n) is 3.68. The van der Waals surface area contributed by atoms with E-state index in [0.29, 0.717) is 0 Å². The van der Waals surface area contributed by atoms with Gasteiger partial charge in [0.15, 0.2) is 0 Å². The molecule has 0 saturated carbocycles. The van der Waals surface area contributed by atoms with Gasteiger partial charge in [0.2, 0.25) is 0 Å². The van der Waals surface area contributed by atoms with Crippen LogP contribution in [0.15, 0.2) is 36.7 Å². The number of nitrogens with zero attached hydrogens (tertiary/aromatic N) is 1. The Morgan fingerprint density at radius 3 is 2.56 bits per heavy atom. The first-order valence-corrected chi connectivity index (χ1v) is 6.35. The summed E-state index contributed by atoms with van der Waals surface area (Å²) >= 11 is 0. The van der Waals surface area contributed by atoms with Crippen molar-refractivity contribution in [2.24, 2.45) is 0 Å². The Morgan fingerprint density at radius 1 is 1.28 bits per heavy atom. The monoisotopic (exact) mass is 278 g/mol. The first kappa shape index (κ1) is 12.7. The maximum Gasteiger partial charge on any atom is 0.416 e. The zero-order valence-electron chi connectivity index (χ0n) is 8.98. The van der Waals surface area contributed by atoms with Gasteiger partial charge in [-0.2, -0.15) is 21.6 Å². The number of nitrogens with one attached hydrogen (secondary N) is 1.